The molecule has 0 saturated carbocycles. The lowest BCUT2D eigenvalue weighted by Crippen LogP contribution is -2.10. The van der Waals surface area contributed by atoms with Gasteiger partial charge in [-0.25, -0.2) is 0 Å². The predicted octanol–water partition coefficient (Wildman–Crippen LogP) is 1.79. The number of benzene rings is 1. The maximum absolute atomic E-state index is 5.88. The fraction of sp³-hybridized carbons (Fsp3) is 0.455. The van der Waals surface area contributed by atoms with E-state index in [-0.39, 0.29) is 6.04 Å². The maximum atomic E-state index is 5.88. The van der Waals surface area contributed by atoms with Crippen LogP contribution in [0.2, 0.25) is 0 Å². The summed E-state index contributed by atoms with van der Waals surface area (Å²) in [6, 6.07) is 3.98. The zero-order valence-electron chi connectivity index (χ0n) is 8.54. The quantitative estimate of drug-likeness (QED) is 0.778. The summed E-state index contributed by atoms with van der Waals surface area (Å²) in [5.74, 6) is 1.81. The lowest BCUT2D eigenvalue weighted by Gasteiger charge is -2.09. The Balaban J connectivity index is 2.41. The van der Waals surface area contributed by atoms with Crippen LogP contribution in [0.1, 0.15) is 24.1 Å². The molecule has 3 nitrogen and oxygen atoms in total. The van der Waals surface area contributed by atoms with Gasteiger partial charge < -0.3 is 15.2 Å². The highest BCUT2D eigenvalue weighted by Crippen LogP contribution is 2.36. The molecular formula is C11H15NO2. The Morgan fingerprint density at radius 2 is 2.36 bits per heavy atom. The minimum Gasteiger partial charge on any atom is -0.494 e. The molecule has 0 bridgehead atoms. The number of hydrogen-bond acceptors (Lipinski definition) is 3. The Hall–Kier alpha value is -1.22. The number of rotatable bonds is 2. The van der Waals surface area contributed by atoms with Crippen LogP contribution in [0.3, 0.4) is 0 Å². The van der Waals surface area contributed by atoms with Gasteiger partial charge in [-0.05, 0) is 31.5 Å². The fourth-order valence-corrected chi connectivity index (χ4v) is 1.67. The monoisotopic (exact) mass is 193 g/mol. The lowest BCUT2D eigenvalue weighted by molar-refractivity contribution is 0.331. The van der Waals surface area contributed by atoms with Gasteiger partial charge in [0.15, 0.2) is 0 Å². The van der Waals surface area contributed by atoms with E-state index in [2.05, 4.69) is 0 Å². The second-order valence-electron chi connectivity index (χ2n) is 3.51. The van der Waals surface area contributed by atoms with Gasteiger partial charge in [-0.2, -0.15) is 0 Å². The Labute approximate surface area is 83.8 Å². The van der Waals surface area contributed by atoms with E-state index in [0.29, 0.717) is 13.2 Å². The lowest BCUT2D eigenvalue weighted by atomic mass is 10.1. The highest BCUT2D eigenvalue weighted by molar-refractivity contribution is 5.49. The van der Waals surface area contributed by atoms with Crippen molar-refractivity contribution in [3.63, 3.8) is 0 Å². The first-order valence-electron chi connectivity index (χ1n) is 4.88. The standard InChI is InChI=1S/C11H15NO2/c1-3-13-10-5-8-9(12)6-14-11(8)4-7(10)2/h4-5,9H,3,6,12H2,1-2H3/t9-/m0/s1. The highest BCUT2D eigenvalue weighted by atomic mass is 16.5. The molecular weight excluding hydrogens is 178 g/mol. The van der Waals surface area contributed by atoms with E-state index in [1.807, 2.05) is 26.0 Å². The first-order chi connectivity index (χ1) is 6.72. The SMILES string of the molecule is CCOc1cc2c(cc1C)OC[C@@H]2N. The summed E-state index contributed by atoms with van der Waals surface area (Å²) in [4.78, 5) is 0. The van der Waals surface area contributed by atoms with Gasteiger partial charge in [0.1, 0.15) is 18.1 Å². The average molecular weight is 193 g/mol. The van der Waals surface area contributed by atoms with Crippen LogP contribution in [-0.4, -0.2) is 13.2 Å². The molecule has 0 radical (unpaired) electrons. The van der Waals surface area contributed by atoms with Crippen LogP contribution in [0.4, 0.5) is 0 Å². The Morgan fingerprint density at radius 3 is 3.07 bits per heavy atom. The molecule has 0 saturated heterocycles. The first-order valence-corrected chi connectivity index (χ1v) is 4.88. The summed E-state index contributed by atoms with van der Waals surface area (Å²) < 4.78 is 10.9. The first kappa shape index (κ1) is 9.34. The van der Waals surface area contributed by atoms with Crippen LogP contribution in [0.25, 0.3) is 0 Å². The normalized spacial score (nSPS) is 18.9. The maximum Gasteiger partial charge on any atom is 0.124 e. The van der Waals surface area contributed by atoms with Crippen LogP contribution in [0.5, 0.6) is 11.5 Å². The molecule has 3 heteroatoms. The van der Waals surface area contributed by atoms with Crippen LogP contribution < -0.4 is 15.2 Å². The van der Waals surface area contributed by atoms with E-state index in [0.717, 1.165) is 22.6 Å². The molecule has 1 aromatic carbocycles. The summed E-state index contributed by atoms with van der Waals surface area (Å²) in [5, 5.41) is 0. The van der Waals surface area contributed by atoms with E-state index in [1.165, 1.54) is 0 Å². The van der Waals surface area contributed by atoms with Gasteiger partial charge in [0.05, 0.1) is 12.6 Å². The number of hydrogen-bond donors (Lipinski definition) is 1. The van der Waals surface area contributed by atoms with Crippen molar-refractivity contribution in [1.82, 2.24) is 0 Å². The molecule has 2 N–H and O–H groups in total. The fourth-order valence-electron chi connectivity index (χ4n) is 1.67. The zero-order chi connectivity index (χ0) is 10.1. The van der Waals surface area contributed by atoms with Gasteiger partial charge >= 0.3 is 0 Å². The molecule has 0 aliphatic carbocycles. The van der Waals surface area contributed by atoms with E-state index >= 15 is 0 Å². The summed E-state index contributed by atoms with van der Waals surface area (Å²) in [7, 11) is 0. The number of ether oxygens (including phenoxy) is 2. The van der Waals surface area contributed by atoms with E-state index in [9.17, 15) is 0 Å². The molecule has 0 spiro atoms. The second-order valence-corrected chi connectivity index (χ2v) is 3.51. The number of nitrogens with two attached hydrogens (primary N) is 1. The molecule has 2 rings (SSSR count). The van der Waals surface area contributed by atoms with Crippen LogP contribution in [-0.2, 0) is 0 Å². The van der Waals surface area contributed by atoms with Crippen molar-refractivity contribution in [1.29, 1.82) is 0 Å². The third-order valence-corrected chi connectivity index (χ3v) is 2.43. The molecule has 14 heavy (non-hydrogen) atoms. The van der Waals surface area contributed by atoms with Gasteiger partial charge in [-0.15, -0.1) is 0 Å². The summed E-state index contributed by atoms with van der Waals surface area (Å²) >= 11 is 0. The molecule has 1 aliphatic heterocycles. The minimum atomic E-state index is -0.00944. The topological polar surface area (TPSA) is 44.5 Å². The minimum absolute atomic E-state index is 0.00944. The third-order valence-electron chi connectivity index (χ3n) is 2.43. The summed E-state index contributed by atoms with van der Waals surface area (Å²) in [5.41, 5.74) is 8.03. The van der Waals surface area contributed by atoms with Gasteiger partial charge in [0.2, 0.25) is 0 Å². The highest BCUT2D eigenvalue weighted by Gasteiger charge is 2.22. The molecule has 76 valence electrons. The van der Waals surface area contributed by atoms with Crippen molar-refractivity contribution in [3.05, 3.63) is 23.3 Å². The molecule has 0 unspecified atom stereocenters. The Morgan fingerprint density at radius 1 is 1.57 bits per heavy atom. The van der Waals surface area contributed by atoms with E-state index in [4.69, 9.17) is 15.2 Å². The molecule has 1 heterocycles. The average Bonchev–Trinajstić information content (AvgIpc) is 2.49. The summed E-state index contributed by atoms with van der Waals surface area (Å²) in [6.07, 6.45) is 0. The third kappa shape index (κ3) is 1.44. The van der Waals surface area contributed by atoms with Crippen molar-refractivity contribution in [3.8, 4) is 11.5 Å². The number of aryl methyl sites for hydroxylation is 1. The van der Waals surface area contributed by atoms with Crippen molar-refractivity contribution in [2.75, 3.05) is 13.2 Å². The smallest absolute Gasteiger partial charge is 0.124 e. The Kier molecular flexibility index (Phi) is 2.33. The van der Waals surface area contributed by atoms with Gasteiger partial charge in [-0.1, -0.05) is 0 Å². The molecule has 1 atom stereocenters. The van der Waals surface area contributed by atoms with Crippen molar-refractivity contribution in [2.45, 2.75) is 19.9 Å². The van der Waals surface area contributed by atoms with Crippen LogP contribution in [0, 0.1) is 6.92 Å². The van der Waals surface area contributed by atoms with Gasteiger partial charge in [-0.3, -0.25) is 0 Å². The van der Waals surface area contributed by atoms with Gasteiger partial charge in [0.25, 0.3) is 0 Å². The number of fused-ring (bicyclic) bond motifs is 1. The zero-order valence-corrected chi connectivity index (χ0v) is 8.54. The van der Waals surface area contributed by atoms with Crippen molar-refractivity contribution >= 4 is 0 Å². The van der Waals surface area contributed by atoms with Crippen LogP contribution in [0.15, 0.2) is 12.1 Å². The predicted molar refractivity (Wildman–Crippen MR) is 54.8 cm³/mol. The van der Waals surface area contributed by atoms with Crippen molar-refractivity contribution < 1.29 is 9.47 Å². The second kappa shape index (κ2) is 3.50. The van der Waals surface area contributed by atoms with E-state index < -0.39 is 0 Å². The van der Waals surface area contributed by atoms with E-state index in [1.54, 1.807) is 0 Å². The largest absolute Gasteiger partial charge is 0.494 e. The van der Waals surface area contributed by atoms with Gasteiger partial charge in [0, 0.05) is 5.56 Å². The Bertz CT molecular complexity index is 349. The molecule has 0 amide bonds. The van der Waals surface area contributed by atoms with Crippen molar-refractivity contribution in [2.24, 2.45) is 5.73 Å². The molecule has 0 fully saturated rings. The molecule has 0 aromatic heterocycles. The van der Waals surface area contributed by atoms with Crippen LogP contribution >= 0.6 is 0 Å². The summed E-state index contributed by atoms with van der Waals surface area (Å²) in [6.45, 7) is 5.24. The molecule has 1 aromatic rings. The molecule has 1 aliphatic rings.